The Morgan fingerprint density at radius 2 is 1.85 bits per heavy atom. The minimum atomic E-state index is 0.149. The van der Waals surface area contributed by atoms with E-state index in [-0.39, 0.29) is 5.78 Å². The number of rotatable bonds is 2. The van der Waals surface area contributed by atoms with E-state index in [2.05, 4.69) is 0 Å². The SMILES string of the molecule is CC(=O)Cc1c(C)ccc(C)c1Cl. The Labute approximate surface area is 83.7 Å². The van der Waals surface area contributed by atoms with Gasteiger partial charge in [0.1, 0.15) is 5.78 Å². The van der Waals surface area contributed by atoms with Crippen LogP contribution < -0.4 is 0 Å². The predicted octanol–water partition coefficient (Wildman–Crippen LogP) is 3.09. The molecule has 1 aromatic carbocycles. The van der Waals surface area contributed by atoms with Crippen molar-refractivity contribution in [2.75, 3.05) is 0 Å². The molecule has 0 aliphatic carbocycles. The molecular formula is C11H13ClO. The molecule has 0 saturated carbocycles. The van der Waals surface area contributed by atoms with Gasteiger partial charge in [-0.3, -0.25) is 4.79 Å². The molecule has 0 atom stereocenters. The molecule has 0 fully saturated rings. The summed E-state index contributed by atoms with van der Waals surface area (Å²) in [6, 6.07) is 3.97. The summed E-state index contributed by atoms with van der Waals surface area (Å²) in [5.41, 5.74) is 3.09. The van der Waals surface area contributed by atoms with Gasteiger partial charge in [-0.2, -0.15) is 0 Å². The van der Waals surface area contributed by atoms with Gasteiger partial charge in [0.2, 0.25) is 0 Å². The average molecular weight is 197 g/mol. The van der Waals surface area contributed by atoms with Crippen molar-refractivity contribution in [3.05, 3.63) is 33.8 Å². The maximum atomic E-state index is 11.0. The zero-order valence-corrected chi connectivity index (χ0v) is 8.90. The molecule has 1 nitrogen and oxygen atoms in total. The number of hydrogen-bond donors (Lipinski definition) is 0. The molecule has 1 rings (SSSR count). The summed E-state index contributed by atoms with van der Waals surface area (Å²) in [5, 5.41) is 0.732. The van der Waals surface area contributed by atoms with Crippen molar-refractivity contribution in [1.82, 2.24) is 0 Å². The second-order valence-electron chi connectivity index (χ2n) is 3.37. The van der Waals surface area contributed by atoms with Gasteiger partial charge in [-0.05, 0) is 37.5 Å². The van der Waals surface area contributed by atoms with E-state index in [1.807, 2.05) is 26.0 Å². The van der Waals surface area contributed by atoms with Gasteiger partial charge in [0, 0.05) is 11.4 Å². The zero-order valence-electron chi connectivity index (χ0n) is 8.15. The van der Waals surface area contributed by atoms with Crippen molar-refractivity contribution in [2.24, 2.45) is 0 Å². The number of benzene rings is 1. The molecule has 2 heteroatoms. The third-order valence-electron chi connectivity index (χ3n) is 2.10. The summed E-state index contributed by atoms with van der Waals surface area (Å²) >= 11 is 6.09. The van der Waals surface area contributed by atoms with E-state index in [9.17, 15) is 4.79 Å². The van der Waals surface area contributed by atoms with Gasteiger partial charge >= 0.3 is 0 Å². The van der Waals surface area contributed by atoms with Crippen molar-refractivity contribution in [3.8, 4) is 0 Å². The van der Waals surface area contributed by atoms with Crippen molar-refractivity contribution in [1.29, 1.82) is 0 Å². The topological polar surface area (TPSA) is 17.1 Å². The normalized spacial score (nSPS) is 10.2. The van der Waals surface area contributed by atoms with Crippen LogP contribution in [-0.4, -0.2) is 5.78 Å². The molecule has 0 heterocycles. The van der Waals surface area contributed by atoms with Gasteiger partial charge in [0.05, 0.1) is 0 Å². The lowest BCUT2D eigenvalue weighted by Crippen LogP contribution is -2.00. The molecule has 0 unspecified atom stereocenters. The van der Waals surface area contributed by atoms with Crippen molar-refractivity contribution >= 4 is 17.4 Å². The van der Waals surface area contributed by atoms with Crippen LogP contribution in [0.3, 0.4) is 0 Å². The molecule has 1 aromatic rings. The fourth-order valence-corrected chi connectivity index (χ4v) is 1.58. The maximum absolute atomic E-state index is 11.0. The van der Waals surface area contributed by atoms with Gasteiger partial charge in [-0.25, -0.2) is 0 Å². The summed E-state index contributed by atoms with van der Waals surface area (Å²) in [4.78, 5) is 11.0. The molecule has 0 saturated heterocycles. The summed E-state index contributed by atoms with van der Waals surface area (Å²) in [7, 11) is 0. The van der Waals surface area contributed by atoms with Crippen LogP contribution >= 0.6 is 11.6 Å². The maximum Gasteiger partial charge on any atom is 0.134 e. The molecule has 0 N–H and O–H groups in total. The van der Waals surface area contributed by atoms with Gasteiger partial charge in [-0.1, -0.05) is 23.7 Å². The largest absolute Gasteiger partial charge is 0.300 e. The summed E-state index contributed by atoms with van der Waals surface area (Å²) in [6.07, 6.45) is 0.437. The first-order valence-electron chi connectivity index (χ1n) is 4.26. The lowest BCUT2D eigenvalue weighted by Gasteiger charge is -2.08. The zero-order chi connectivity index (χ0) is 10.0. The molecule has 0 bridgehead atoms. The van der Waals surface area contributed by atoms with E-state index >= 15 is 0 Å². The highest BCUT2D eigenvalue weighted by molar-refractivity contribution is 6.32. The lowest BCUT2D eigenvalue weighted by atomic mass is 10.0. The number of carbonyl (C=O) groups excluding carboxylic acids is 1. The fraction of sp³-hybridized carbons (Fsp3) is 0.364. The molecule has 0 aliphatic heterocycles. The minimum Gasteiger partial charge on any atom is -0.300 e. The first kappa shape index (κ1) is 10.3. The first-order chi connectivity index (χ1) is 6.02. The van der Waals surface area contributed by atoms with E-state index in [1.165, 1.54) is 0 Å². The third kappa shape index (κ3) is 2.31. The van der Waals surface area contributed by atoms with Crippen molar-refractivity contribution in [2.45, 2.75) is 27.2 Å². The number of hydrogen-bond acceptors (Lipinski definition) is 1. The molecule has 70 valence electrons. The van der Waals surface area contributed by atoms with Crippen molar-refractivity contribution < 1.29 is 4.79 Å². The summed E-state index contributed by atoms with van der Waals surface area (Å²) < 4.78 is 0. The monoisotopic (exact) mass is 196 g/mol. The highest BCUT2D eigenvalue weighted by Gasteiger charge is 2.08. The number of aryl methyl sites for hydroxylation is 2. The predicted molar refractivity (Wildman–Crippen MR) is 55.3 cm³/mol. The van der Waals surface area contributed by atoms with E-state index in [1.54, 1.807) is 6.92 Å². The van der Waals surface area contributed by atoms with Crippen LogP contribution in [0, 0.1) is 13.8 Å². The second-order valence-corrected chi connectivity index (χ2v) is 3.75. The number of carbonyl (C=O) groups is 1. The Kier molecular flexibility index (Phi) is 3.10. The van der Waals surface area contributed by atoms with E-state index in [0.717, 1.165) is 21.7 Å². The quantitative estimate of drug-likeness (QED) is 0.711. The Hall–Kier alpha value is -0.820. The van der Waals surface area contributed by atoms with E-state index < -0.39 is 0 Å². The van der Waals surface area contributed by atoms with Crippen LogP contribution in [-0.2, 0) is 11.2 Å². The highest BCUT2D eigenvalue weighted by atomic mass is 35.5. The van der Waals surface area contributed by atoms with Gasteiger partial charge in [0.25, 0.3) is 0 Å². The van der Waals surface area contributed by atoms with E-state index in [0.29, 0.717) is 6.42 Å². The van der Waals surface area contributed by atoms with Gasteiger partial charge < -0.3 is 0 Å². The number of halogens is 1. The molecule has 0 amide bonds. The molecule has 0 aliphatic rings. The Balaban J connectivity index is 3.17. The second kappa shape index (κ2) is 3.93. The molecular weight excluding hydrogens is 184 g/mol. The van der Waals surface area contributed by atoms with Gasteiger partial charge in [0.15, 0.2) is 0 Å². The average Bonchev–Trinajstić information content (AvgIpc) is 2.05. The number of Topliss-reactive ketones (excluding diaryl/α,β-unsaturated/α-hetero) is 1. The lowest BCUT2D eigenvalue weighted by molar-refractivity contribution is -0.116. The third-order valence-corrected chi connectivity index (χ3v) is 2.62. The van der Waals surface area contributed by atoms with E-state index in [4.69, 9.17) is 11.6 Å². The molecule has 13 heavy (non-hydrogen) atoms. The molecule has 0 radical (unpaired) electrons. The van der Waals surface area contributed by atoms with Crippen molar-refractivity contribution in [3.63, 3.8) is 0 Å². The summed E-state index contributed by atoms with van der Waals surface area (Å²) in [6.45, 7) is 5.51. The van der Waals surface area contributed by atoms with Crippen LogP contribution in [0.25, 0.3) is 0 Å². The minimum absolute atomic E-state index is 0.149. The van der Waals surface area contributed by atoms with Crippen LogP contribution in [0.4, 0.5) is 0 Å². The first-order valence-corrected chi connectivity index (χ1v) is 4.64. The smallest absolute Gasteiger partial charge is 0.134 e. The van der Waals surface area contributed by atoms with Crippen LogP contribution in [0.1, 0.15) is 23.6 Å². The van der Waals surface area contributed by atoms with Gasteiger partial charge in [-0.15, -0.1) is 0 Å². The Morgan fingerprint density at radius 1 is 1.31 bits per heavy atom. The van der Waals surface area contributed by atoms with Crippen LogP contribution in [0.2, 0.25) is 5.02 Å². The molecule has 0 aromatic heterocycles. The number of ketones is 1. The summed E-state index contributed by atoms with van der Waals surface area (Å²) in [5.74, 6) is 0.149. The van der Waals surface area contributed by atoms with Crippen LogP contribution in [0.15, 0.2) is 12.1 Å². The Bertz CT molecular complexity index is 342. The Morgan fingerprint density at radius 3 is 2.38 bits per heavy atom. The molecule has 0 spiro atoms. The fourth-order valence-electron chi connectivity index (χ4n) is 1.30. The standard InChI is InChI=1S/C11H13ClO/c1-7-4-5-8(2)11(12)10(7)6-9(3)13/h4-5H,6H2,1-3H3. The van der Waals surface area contributed by atoms with Crippen LogP contribution in [0.5, 0.6) is 0 Å². The highest BCUT2D eigenvalue weighted by Crippen LogP contribution is 2.24.